The van der Waals surface area contributed by atoms with Crippen LogP contribution in [0.4, 0.5) is 0 Å². The van der Waals surface area contributed by atoms with Crippen LogP contribution in [0.1, 0.15) is 51.2 Å². The molecule has 2 atom stereocenters. The lowest BCUT2D eigenvalue weighted by Gasteiger charge is -2.34. The van der Waals surface area contributed by atoms with Gasteiger partial charge >= 0.3 is 0 Å². The first kappa shape index (κ1) is 21.4. The van der Waals surface area contributed by atoms with Crippen molar-refractivity contribution in [1.82, 2.24) is 30.3 Å². The number of rotatable bonds is 5. The Morgan fingerprint density at radius 3 is 2.88 bits per heavy atom. The number of halogens is 1. The lowest BCUT2D eigenvalue weighted by molar-refractivity contribution is 0.161. The number of piperidine rings is 1. The standard InChI is InChI=1S/C18H33N7.HI/c1-4-19-18(20-12-16-8-6-7-11-24(16)5-2)22-15-9-10-17-21-14(3)23-25(17)13-15;/h15-16H,4-13H2,1-3H3,(H2,19,20,22);1H. The number of nitrogens with one attached hydrogen (secondary N) is 2. The third-order valence-corrected chi connectivity index (χ3v) is 5.26. The maximum atomic E-state index is 4.90. The van der Waals surface area contributed by atoms with Crippen molar-refractivity contribution < 1.29 is 0 Å². The van der Waals surface area contributed by atoms with Crippen LogP contribution in [-0.2, 0) is 13.0 Å². The molecule has 148 valence electrons. The van der Waals surface area contributed by atoms with Crippen LogP contribution in [0.5, 0.6) is 0 Å². The normalized spacial score (nSPS) is 23.9. The number of hydrogen-bond donors (Lipinski definition) is 2. The summed E-state index contributed by atoms with van der Waals surface area (Å²) in [6, 6.07) is 0.949. The molecular weight excluding hydrogens is 441 g/mol. The second kappa shape index (κ2) is 10.4. The summed E-state index contributed by atoms with van der Waals surface area (Å²) in [6.45, 7) is 11.3. The van der Waals surface area contributed by atoms with Gasteiger partial charge in [0.1, 0.15) is 11.6 Å². The van der Waals surface area contributed by atoms with E-state index in [4.69, 9.17) is 4.99 Å². The van der Waals surface area contributed by atoms with Crippen LogP contribution in [0.3, 0.4) is 0 Å². The molecule has 1 aromatic rings. The maximum Gasteiger partial charge on any atom is 0.191 e. The van der Waals surface area contributed by atoms with E-state index in [9.17, 15) is 0 Å². The van der Waals surface area contributed by atoms with Crippen LogP contribution >= 0.6 is 24.0 Å². The monoisotopic (exact) mass is 475 g/mol. The summed E-state index contributed by atoms with van der Waals surface area (Å²) in [4.78, 5) is 12.0. The molecule has 1 aromatic heterocycles. The van der Waals surface area contributed by atoms with E-state index in [0.29, 0.717) is 12.1 Å². The topological polar surface area (TPSA) is 70.4 Å². The highest BCUT2D eigenvalue weighted by atomic mass is 127. The van der Waals surface area contributed by atoms with Crippen molar-refractivity contribution in [2.24, 2.45) is 4.99 Å². The number of aryl methyl sites for hydroxylation is 2. The fourth-order valence-corrected chi connectivity index (χ4v) is 3.94. The Morgan fingerprint density at radius 2 is 2.12 bits per heavy atom. The van der Waals surface area contributed by atoms with Gasteiger partial charge < -0.3 is 10.6 Å². The average Bonchev–Trinajstić information content (AvgIpc) is 2.99. The van der Waals surface area contributed by atoms with Gasteiger partial charge in [-0.2, -0.15) is 5.10 Å². The van der Waals surface area contributed by atoms with Gasteiger partial charge in [-0.05, 0) is 46.2 Å². The quantitative estimate of drug-likeness (QED) is 0.387. The van der Waals surface area contributed by atoms with E-state index in [0.717, 1.165) is 56.6 Å². The average molecular weight is 475 g/mol. The predicted octanol–water partition coefficient (Wildman–Crippen LogP) is 1.95. The molecule has 0 radical (unpaired) electrons. The Balaban J connectivity index is 0.00000243. The number of aromatic nitrogens is 3. The van der Waals surface area contributed by atoms with Gasteiger partial charge in [-0.15, -0.1) is 24.0 Å². The molecule has 0 bridgehead atoms. The van der Waals surface area contributed by atoms with Crippen molar-refractivity contribution in [2.45, 2.75) is 71.5 Å². The molecule has 1 saturated heterocycles. The summed E-state index contributed by atoms with van der Waals surface area (Å²) in [7, 11) is 0. The minimum Gasteiger partial charge on any atom is -0.357 e. The van der Waals surface area contributed by atoms with Crippen molar-refractivity contribution in [2.75, 3.05) is 26.2 Å². The molecule has 0 saturated carbocycles. The second-order valence-corrected chi connectivity index (χ2v) is 7.14. The fourth-order valence-electron chi connectivity index (χ4n) is 3.94. The van der Waals surface area contributed by atoms with Crippen molar-refractivity contribution in [3.63, 3.8) is 0 Å². The Labute approximate surface area is 174 Å². The molecular formula is C18H34IN7. The van der Waals surface area contributed by atoms with Gasteiger partial charge in [0.15, 0.2) is 5.96 Å². The first-order valence-electron chi connectivity index (χ1n) is 9.88. The number of likely N-dealkylation sites (N-methyl/N-ethyl adjacent to an activating group) is 1. The molecule has 2 aliphatic rings. The maximum absolute atomic E-state index is 4.90. The summed E-state index contributed by atoms with van der Waals surface area (Å²) in [5, 5.41) is 11.5. The van der Waals surface area contributed by atoms with Gasteiger partial charge in [0.2, 0.25) is 0 Å². The minimum absolute atomic E-state index is 0. The number of hydrogen-bond acceptors (Lipinski definition) is 4. The van der Waals surface area contributed by atoms with Gasteiger partial charge in [-0.1, -0.05) is 13.3 Å². The molecule has 2 unspecified atom stereocenters. The Morgan fingerprint density at radius 1 is 1.27 bits per heavy atom. The molecule has 7 nitrogen and oxygen atoms in total. The minimum atomic E-state index is 0. The number of nitrogens with zero attached hydrogens (tertiary/aromatic N) is 5. The van der Waals surface area contributed by atoms with E-state index >= 15 is 0 Å². The van der Waals surface area contributed by atoms with Crippen molar-refractivity contribution in [3.8, 4) is 0 Å². The Bertz CT molecular complexity index is 586. The first-order chi connectivity index (χ1) is 12.2. The van der Waals surface area contributed by atoms with E-state index in [-0.39, 0.29) is 24.0 Å². The first-order valence-corrected chi connectivity index (χ1v) is 9.88. The predicted molar refractivity (Wildman–Crippen MR) is 116 cm³/mol. The van der Waals surface area contributed by atoms with E-state index in [1.54, 1.807) is 0 Å². The van der Waals surface area contributed by atoms with E-state index in [2.05, 4.69) is 39.5 Å². The third-order valence-electron chi connectivity index (χ3n) is 5.26. The zero-order valence-electron chi connectivity index (χ0n) is 16.4. The van der Waals surface area contributed by atoms with Gasteiger partial charge in [0.25, 0.3) is 0 Å². The molecule has 2 N–H and O–H groups in total. The largest absolute Gasteiger partial charge is 0.357 e. The molecule has 0 amide bonds. The van der Waals surface area contributed by atoms with Crippen LogP contribution in [0.25, 0.3) is 0 Å². The smallest absolute Gasteiger partial charge is 0.191 e. The summed E-state index contributed by atoms with van der Waals surface area (Å²) < 4.78 is 2.04. The second-order valence-electron chi connectivity index (χ2n) is 7.14. The van der Waals surface area contributed by atoms with Crippen LogP contribution in [0.2, 0.25) is 0 Å². The van der Waals surface area contributed by atoms with E-state index in [1.807, 2.05) is 11.6 Å². The Kier molecular flexibility index (Phi) is 8.59. The van der Waals surface area contributed by atoms with E-state index < -0.39 is 0 Å². The van der Waals surface area contributed by atoms with Gasteiger partial charge in [0.05, 0.1) is 13.1 Å². The molecule has 2 aliphatic heterocycles. The molecule has 0 aromatic carbocycles. The van der Waals surface area contributed by atoms with Gasteiger partial charge in [-0.3, -0.25) is 9.89 Å². The SMILES string of the molecule is CCNC(=NCC1CCCCN1CC)NC1CCc2nc(C)nn2C1.I. The molecule has 3 heterocycles. The lowest BCUT2D eigenvalue weighted by Crippen LogP contribution is -2.48. The van der Waals surface area contributed by atoms with Crippen LogP contribution in [0.15, 0.2) is 4.99 Å². The Hall–Kier alpha value is -0.900. The van der Waals surface area contributed by atoms with Gasteiger partial charge in [-0.25, -0.2) is 9.67 Å². The summed E-state index contributed by atoms with van der Waals surface area (Å²) >= 11 is 0. The highest BCUT2D eigenvalue weighted by molar-refractivity contribution is 14.0. The number of fused-ring (bicyclic) bond motifs is 1. The zero-order chi connectivity index (χ0) is 17.6. The lowest BCUT2D eigenvalue weighted by atomic mass is 10.0. The number of aliphatic imine (C=N–C) groups is 1. The fraction of sp³-hybridized carbons (Fsp3) is 0.833. The molecule has 1 fully saturated rings. The summed E-state index contributed by atoms with van der Waals surface area (Å²) in [6.07, 6.45) is 5.98. The van der Waals surface area contributed by atoms with Crippen molar-refractivity contribution in [1.29, 1.82) is 0 Å². The van der Waals surface area contributed by atoms with E-state index in [1.165, 1.54) is 25.8 Å². The summed E-state index contributed by atoms with van der Waals surface area (Å²) in [5.74, 6) is 2.92. The van der Waals surface area contributed by atoms with Crippen molar-refractivity contribution >= 4 is 29.9 Å². The molecule has 26 heavy (non-hydrogen) atoms. The number of guanidine groups is 1. The van der Waals surface area contributed by atoms with Crippen molar-refractivity contribution in [3.05, 3.63) is 11.6 Å². The highest BCUT2D eigenvalue weighted by Gasteiger charge is 2.23. The molecule has 0 spiro atoms. The molecule has 8 heteroatoms. The molecule has 3 rings (SSSR count). The van der Waals surface area contributed by atoms with Crippen LogP contribution < -0.4 is 10.6 Å². The summed E-state index contributed by atoms with van der Waals surface area (Å²) in [5.41, 5.74) is 0. The van der Waals surface area contributed by atoms with Gasteiger partial charge in [0, 0.05) is 25.0 Å². The zero-order valence-corrected chi connectivity index (χ0v) is 18.7. The molecule has 0 aliphatic carbocycles. The number of likely N-dealkylation sites (tertiary alicyclic amines) is 1. The van der Waals surface area contributed by atoms with Crippen LogP contribution in [0, 0.1) is 6.92 Å². The highest BCUT2D eigenvalue weighted by Crippen LogP contribution is 2.17. The third kappa shape index (κ3) is 5.55. The van der Waals surface area contributed by atoms with Crippen LogP contribution in [-0.4, -0.2) is 63.9 Å².